The van der Waals surface area contributed by atoms with Gasteiger partial charge in [0.25, 0.3) is 5.69 Å². The van der Waals surface area contributed by atoms with Crippen molar-refractivity contribution in [2.24, 2.45) is 0 Å². The Morgan fingerprint density at radius 2 is 2.25 bits per heavy atom. The van der Waals surface area contributed by atoms with E-state index in [0.29, 0.717) is 17.7 Å². The molecule has 0 saturated heterocycles. The molecule has 0 radical (unpaired) electrons. The zero-order valence-electron chi connectivity index (χ0n) is 9.69. The molecule has 0 aliphatic rings. The molecular weight excluding hydrogens is 208 g/mol. The molecule has 0 aliphatic carbocycles. The van der Waals surface area contributed by atoms with Crippen molar-refractivity contribution in [2.45, 2.75) is 19.4 Å². The number of nitro benzene ring substituents is 1. The lowest BCUT2D eigenvalue weighted by molar-refractivity contribution is -0.385. The van der Waals surface area contributed by atoms with E-state index < -0.39 is 0 Å². The van der Waals surface area contributed by atoms with Gasteiger partial charge in [0, 0.05) is 11.6 Å². The molecule has 88 valence electrons. The first-order valence-electron chi connectivity index (χ1n) is 5.07. The van der Waals surface area contributed by atoms with Crippen LogP contribution < -0.4 is 10.1 Å². The molecular formula is C11H16N2O3. The van der Waals surface area contributed by atoms with Crippen LogP contribution in [0.3, 0.4) is 0 Å². The maximum atomic E-state index is 10.9. The van der Waals surface area contributed by atoms with E-state index in [4.69, 9.17) is 4.74 Å². The lowest BCUT2D eigenvalue weighted by Gasteiger charge is -2.10. The number of likely N-dealkylation sites (N-methyl/N-ethyl adjacent to an activating group) is 1. The summed E-state index contributed by atoms with van der Waals surface area (Å²) in [4.78, 5) is 10.5. The van der Waals surface area contributed by atoms with Gasteiger partial charge in [-0.05, 0) is 32.5 Å². The second-order valence-electron chi connectivity index (χ2n) is 3.65. The summed E-state index contributed by atoms with van der Waals surface area (Å²) < 4.78 is 4.97. The number of nitrogens with zero attached hydrogens (tertiary/aromatic N) is 1. The van der Waals surface area contributed by atoms with Gasteiger partial charge in [-0.3, -0.25) is 10.1 Å². The standard InChI is InChI=1S/C11H16N2O3/c1-8(12-2)6-9-4-5-10(16-3)7-11(9)13(14)15/h4-5,7-8,12H,6H2,1-3H3. The van der Waals surface area contributed by atoms with Gasteiger partial charge >= 0.3 is 0 Å². The molecule has 0 fully saturated rings. The first-order valence-corrected chi connectivity index (χ1v) is 5.07. The fourth-order valence-corrected chi connectivity index (χ4v) is 1.45. The Kier molecular flexibility index (Phi) is 4.25. The molecule has 5 nitrogen and oxygen atoms in total. The first kappa shape index (κ1) is 12.4. The zero-order chi connectivity index (χ0) is 12.1. The SMILES string of the molecule is CNC(C)Cc1ccc(OC)cc1[N+](=O)[O-]. The van der Waals surface area contributed by atoms with Crippen molar-refractivity contribution >= 4 is 5.69 Å². The third kappa shape index (κ3) is 2.93. The highest BCUT2D eigenvalue weighted by atomic mass is 16.6. The molecule has 1 rings (SSSR count). The van der Waals surface area contributed by atoms with Crippen molar-refractivity contribution in [1.82, 2.24) is 5.32 Å². The molecule has 0 amide bonds. The van der Waals surface area contributed by atoms with E-state index >= 15 is 0 Å². The first-order chi connectivity index (χ1) is 7.58. The van der Waals surface area contributed by atoms with Crippen molar-refractivity contribution in [3.63, 3.8) is 0 Å². The quantitative estimate of drug-likeness (QED) is 0.611. The van der Waals surface area contributed by atoms with Gasteiger partial charge < -0.3 is 10.1 Å². The van der Waals surface area contributed by atoms with E-state index in [0.717, 1.165) is 0 Å². The summed E-state index contributed by atoms with van der Waals surface area (Å²) in [5.41, 5.74) is 0.828. The topological polar surface area (TPSA) is 64.4 Å². The second kappa shape index (κ2) is 5.46. The van der Waals surface area contributed by atoms with Gasteiger partial charge in [0.1, 0.15) is 5.75 Å². The molecule has 0 spiro atoms. The van der Waals surface area contributed by atoms with Crippen LogP contribution in [-0.2, 0) is 6.42 Å². The Morgan fingerprint density at radius 1 is 1.56 bits per heavy atom. The Bertz CT molecular complexity index is 379. The highest BCUT2D eigenvalue weighted by Crippen LogP contribution is 2.25. The van der Waals surface area contributed by atoms with Crippen molar-refractivity contribution in [1.29, 1.82) is 0 Å². The molecule has 1 aromatic rings. The summed E-state index contributed by atoms with van der Waals surface area (Å²) in [6.45, 7) is 1.98. The van der Waals surface area contributed by atoms with Crippen LogP contribution in [0.4, 0.5) is 5.69 Å². The number of methoxy groups -OCH3 is 1. The van der Waals surface area contributed by atoms with E-state index in [-0.39, 0.29) is 16.7 Å². The summed E-state index contributed by atoms with van der Waals surface area (Å²) in [5.74, 6) is 0.507. The van der Waals surface area contributed by atoms with Crippen LogP contribution in [-0.4, -0.2) is 25.1 Å². The Morgan fingerprint density at radius 3 is 2.75 bits per heavy atom. The molecule has 5 heteroatoms. The number of benzene rings is 1. The number of rotatable bonds is 5. The molecule has 0 aliphatic heterocycles. The van der Waals surface area contributed by atoms with Crippen LogP contribution >= 0.6 is 0 Å². The summed E-state index contributed by atoms with van der Waals surface area (Å²) in [5, 5.41) is 13.9. The fraction of sp³-hybridized carbons (Fsp3) is 0.455. The summed E-state index contributed by atoms with van der Waals surface area (Å²) in [6.07, 6.45) is 0.622. The maximum Gasteiger partial charge on any atom is 0.276 e. The van der Waals surface area contributed by atoms with Crippen LogP contribution in [0.1, 0.15) is 12.5 Å². The monoisotopic (exact) mass is 224 g/mol. The summed E-state index contributed by atoms with van der Waals surface area (Å²) in [6, 6.07) is 5.14. The summed E-state index contributed by atoms with van der Waals surface area (Å²) in [7, 11) is 3.33. The zero-order valence-corrected chi connectivity index (χ0v) is 9.69. The second-order valence-corrected chi connectivity index (χ2v) is 3.65. The number of nitrogens with one attached hydrogen (secondary N) is 1. The van der Waals surface area contributed by atoms with Gasteiger partial charge in [0.2, 0.25) is 0 Å². The van der Waals surface area contributed by atoms with E-state index in [1.807, 2.05) is 14.0 Å². The smallest absolute Gasteiger partial charge is 0.276 e. The molecule has 1 unspecified atom stereocenters. The van der Waals surface area contributed by atoms with Crippen LogP contribution in [0.25, 0.3) is 0 Å². The number of hydrogen-bond acceptors (Lipinski definition) is 4. The van der Waals surface area contributed by atoms with Gasteiger partial charge in [0.05, 0.1) is 18.1 Å². The van der Waals surface area contributed by atoms with Gasteiger partial charge in [0.15, 0.2) is 0 Å². The lowest BCUT2D eigenvalue weighted by atomic mass is 10.1. The number of hydrogen-bond donors (Lipinski definition) is 1. The van der Waals surface area contributed by atoms with Gasteiger partial charge in [-0.25, -0.2) is 0 Å². The van der Waals surface area contributed by atoms with Gasteiger partial charge in [-0.15, -0.1) is 0 Å². The highest BCUT2D eigenvalue weighted by molar-refractivity contribution is 5.46. The van der Waals surface area contributed by atoms with Crippen molar-refractivity contribution in [2.75, 3.05) is 14.2 Å². The number of ether oxygens (including phenoxy) is 1. The van der Waals surface area contributed by atoms with Crippen LogP contribution in [0, 0.1) is 10.1 Å². The van der Waals surface area contributed by atoms with Gasteiger partial charge in [-0.1, -0.05) is 0 Å². The predicted molar refractivity (Wildman–Crippen MR) is 61.9 cm³/mol. The van der Waals surface area contributed by atoms with E-state index in [9.17, 15) is 10.1 Å². The molecule has 1 aromatic carbocycles. The molecule has 1 atom stereocenters. The third-order valence-electron chi connectivity index (χ3n) is 2.51. The lowest BCUT2D eigenvalue weighted by Crippen LogP contribution is -2.23. The maximum absolute atomic E-state index is 10.9. The number of nitro groups is 1. The van der Waals surface area contributed by atoms with Crippen LogP contribution in [0.2, 0.25) is 0 Å². The Balaban J connectivity index is 3.03. The molecule has 0 heterocycles. The van der Waals surface area contributed by atoms with E-state index in [1.165, 1.54) is 13.2 Å². The minimum Gasteiger partial charge on any atom is -0.497 e. The summed E-state index contributed by atoms with van der Waals surface area (Å²) >= 11 is 0. The van der Waals surface area contributed by atoms with Crippen molar-refractivity contribution < 1.29 is 9.66 Å². The molecule has 16 heavy (non-hydrogen) atoms. The molecule has 0 bridgehead atoms. The molecule has 0 saturated carbocycles. The molecule has 0 aromatic heterocycles. The minimum absolute atomic E-state index is 0.112. The minimum atomic E-state index is -0.375. The van der Waals surface area contributed by atoms with Crippen LogP contribution in [0.15, 0.2) is 18.2 Å². The van der Waals surface area contributed by atoms with Crippen molar-refractivity contribution in [3.05, 3.63) is 33.9 Å². The average molecular weight is 224 g/mol. The van der Waals surface area contributed by atoms with E-state index in [1.54, 1.807) is 12.1 Å². The highest BCUT2D eigenvalue weighted by Gasteiger charge is 2.16. The van der Waals surface area contributed by atoms with Gasteiger partial charge in [-0.2, -0.15) is 0 Å². The third-order valence-corrected chi connectivity index (χ3v) is 2.51. The fourth-order valence-electron chi connectivity index (χ4n) is 1.45. The van der Waals surface area contributed by atoms with Crippen LogP contribution in [0.5, 0.6) is 5.75 Å². The average Bonchev–Trinajstić information content (AvgIpc) is 2.29. The molecule has 1 N–H and O–H groups in total. The predicted octanol–water partition coefficient (Wildman–Crippen LogP) is 1.75. The largest absolute Gasteiger partial charge is 0.497 e. The Labute approximate surface area is 94.6 Å². The van der Waals surface area contributed by atoms with E-state index in [2.05, 4.69) is 5.32 Å². The van der Waals surface area contributed by atoms with Crippen molar-refractivity contribution in [3.8, 4) is 5.75 Å². The normalized spacial score (nSPS) is 12.2. The Hall–Kier alpha value is -1.62.